The largest absolute Gasteiger partial charge is 0.481 e. The topological polar surface area (TPSA) is 87.8 Å². The molecular weight excluding hydrogens is 296 g/mol. The van der Waals surface area contributed by atoms with E-state index in [9.17, 15) is 9.59 Å². The molecule has 1 atom stereocenters. The van der Waals surface area contributed by atoms with Crippen LogP contribution in [0.2, 0.25) is 0 Å². The molecule has 1 N–H and O–H groups in total. The molecule has 7 heteroatoms. The van der Waals surface area contributed by atoms with Gasteiger partial charge in [0.1, 0.15) is 5.82 Å². The van der Waals surface area contributed by atoms with Crippen molar-refractivity contribution in [2.75, 3.05) is 6.54 Å². The number of carboxylic acids is 1. The Morgan fingerprint density at radius 1 is 1.30 bits per heavy atom. The average molecular weight is 316 g/mol. The van der Waals surface area contributed by atoms with Crippen molar-refractivity contribution in [3.63, 3.8) is 0 Å². The van der Waals surface area contributed by atoms with Crippen molar-refractivity contribution in [1.82, 2.24) is 19.5 Å². The van der Waals surface area contributed by atoms with E-state index in [2.05, 4.69) is 10.2 Å². The highest BCUT2D eigenvalue weighted by Gasteiger charge is 2.28. The summed E-state index contributed by atoms with van der Waals surface area (Å²) in [6.07, 6.45) is 5.23. The van der Waals surface area contributed by atoms with Gasteiger partial charge in [-0.05, 0) is 44.7 Å². The van der Waals surface area contributed by atoms with Gasteiger partial charge in [-0.3, -0.25) is 14.0 Å². The second-order valence-electron chi connectivity index (χ2n) is 5.97. The number of amides is 1. The third kappa shape index (κ3) is 3.18. The Balaban J connectivity index is 1.83. The number of carbonyl (C=O) groups excluding carboxylic acids is 1. The SMILES string of the molecule is Cc1nnc2ccc(C(=O)N3CCCCC3CCC(=O)O)cn12. The fourth-order valence-electron chi connectivity index (χ4n) is 3.16. The van der Waals surface area contributed by atoms with Crippen molar-refractivity contribution in [2.24, 2.45) is 0 Å². The van der Waals surface area contributed by atoms with Gasteiger partial charge in [0.2, 0.25) is 0 Å². The van der Waals surface area contributed by atoms with Crippen LogP contribution in [0.5, 0.6) is 0 Å². The fourth-order valence-corrected chi connectivity index (χ4v) is 3.16. The summed E-state index contributed by atoms with van der Waals surface area (Å²) in [6.45, 7) is 2.52. The first kappa shape index (κ1) is 15.5. The van der Waals surface area contributed by atoms with Crippen molar-refractivity contribution >= 4 is 17.5 Å². The Kier molecular flexibility index (Phi) is 4.27. The number of carboxylic acid groups (broad SMARTS) is 1. The molecule has 7 nitrogen and oxygen atoms in total. The number of hydrogen-bond acceptors (Lipinski definition) is 4. The molecule has 0 spiro atoms. The van der Waals surface area contributed by atoms with Gasteiger partial charge in [0.25, 0.3) is 5.91 Å². The highest BCUT2D eigenvalue weighted by atomic mass is 16.4. The Morgan fingerprint density at radius 3 is 2.91 bits per heavy atom. The summed E-state index contributed by atoms with van der Waals surface area (Å²) >= 11 is 0. The summed E-state index contributed by atoms with van der Waals surface area (Å²) in [5, 5.41) is 16.9. The molecule has 122 valence electrons. The minimum Gasteiger partial charge on any atom is -0.481 e. The molecule has 3 rings (SSSR count). The number of carbonyl (C=O) groups is 2. The second kappa shape index (κ2) is 6.36. The molecule has 1 aliphatic heterocycles. The minimum atomic E-state index is -0.815. The first-order valence-corrected chi connectivity index (χ1v) is 7.90. The van der Waals surface area contributed by atoms with Crippen LogP contribution < -0.4 is 0 Å². The van der Waals surface area contributed by atoms with Gasteiger partial charge in [-0.2, -0.15) is 0 Å². The number of nitrogens with zero attached hydrogens (tertiary/aromatic N) is 4. The van der Waals surface area contributed by atoms with Crippen LogP contribution in [0.25, 0.3) is 5.65 Å². The predicted octanol–water partition coefficient (Wildman–Crippen LogP) is 1.90. The number of pyridine rings is 1. The van der Waals surface area contributed by atoms with Crippen LogP contribution in [0, 0.1) is 6.92 Å². The van der Waals surface area contributed by atoms with Crippen LogP contribution in [0.4, 0.5) is 0 Å². The van der Waals surface area contributed by atoms with E-state index in [-0.39, 0.29) is 18.4 Å². The summed E-state index contributed by atoms with van der Waals surface area (Å²) in [6, 6.07) is 3.54. The number of fused-ring (bicyclic) bond motifs is 1. The zero-order chi connectivity index (χ0) is 16.4. The van der Waals surface area contributed by atoms with Crippen LogP contribution in [-0.2, 0) is 4.79 Å². The zero-order valence-corrected chi connectivity index (χ0v) is 13.1. The van der Waals surface area contributed by atoms with Crippen molar-refractivity contribution < 1.29 is 14.7 Å². The Labute approximate surface area is 133 Å². The normalized spacial score (nSPS) is 18.3. The number of hydrogen-bond donors (Lipinski definition) is 1. The van der Waals surface area contributed by atoms with Gasteiger partial charge in [0, 0.05) is 25.2 Å². The molecular formula is C16H20N4O3. The molecule has 0 radical (unpaired) electrons. The Hall–Kier alpha value is -2.44. The minimum absolute atomic E-state index is 0.00468. The van der Waals surface area contributed by atoms with Gasteiger partial charge >= 0.3 is 5.97 Å². The molecule has 2 aromatic heterocycles. The van der Waals surface area contributed by atoms with E-state index in [1.807, 2.05) is 11.8 Å². The van der Waals surface area contributed by atoms with E-state index < -0.39 is 5.97 Å². The third-order valence-electron chi connectivity index (χ3n) is 4.40. The summed E-state index contributed by atoms with van der Waals surface area (Å²) in [7, 11) is 0. The quantitative estimate of drug-likeness (QED) is 0.930. The van der Waals surface area contributed by atoms with E-state index in [0.717, 1.165) is 25.1 Å². The van der Waals surface area contributed by atoms with E-state index in [1.54, 1.807) is 22.7 Å². The zero-order valence-electron chi connectivity index (χ0n) is 13.1. The summed E-state index contributed by atoms with van der Waals surface area (Å²) in [5.41, 5.74) is 1.29. The molecule has 1 saturated heterocycles. The molecule has 1 fully saturated rings. The van der Waals surface area contributed by atoms with E-state index >= 15 is 0 Å². The molecule has 3 heterocycles. The highest BCUT2D eigenvalue weighted by molar-refractivity contribution is 5.94. The predicted molar refractivity (Wildman–Crippen MR) is 83.3 cm³/mol. The van der Waals surface area contributed by atoms with Crippen molar-refractivity contribution in [2.45, 2.75) is 45.1 Å². The lowest BCUT2D eigenvalue weighted by molar-refractivity contribution is -0.137. The summed E-state index contributed by atoms with van der Waals surface area (Å²) < 4.78 is 1.80. The lowest BCUT2D eigenvalue weighted by Crippen LogP contribution is -2.44. The molecule has 0 bridgehead atoms. The lowest BCUT2D eigenvalue weighted by Gasteiger charge is -2.35. The maximum Gasteiger partial charge on any atom is 0.303 e. The highest BCUT2D eigenvalue weighted by Crippen LogP contribution is 2.23. The third-order valence-corrected chi connectivity index (χ3v) is 4.40. The van der Waals surface area contributed by atoms with E-state index in [4.69, 9.17) is 5.11 Å². The summed E-state index contributed by atoms with van der Waals surface area (Å²) in [4.78, 5) is 25.5. The number of aryl methyl sites for hydroxylation is 1. The van der Waals surface area contributed by atoms with E-state index in [0.29, 0.717) is 24.2 Å². The maximum absolute atomic E-state index is 12.9. The second-order valence-corrected chi connectivity index (χ2v) is 5.97. The van der Waals surface area contributed by atoms with Gasteiger partial charge in [0.15, 0.2) is 5.65 Å². The molecule has 0 aromatic carbocycles. The Bertz CT molecular complexity index is 740. The van der Waals surface area contributed by atoms with Crippen LogP contribution in [0.3, 0.4) is 0 Å². The molecule has 1 unspecified atom stereocenters. The van der Waals surface area contributed by atoms with Gasteiger partial charge in [-0.15, -0.1) is 10.2 Å². The number of rotatable bonds is 4. The first-order chi connectivity index (χ1) is 11.1. The monoisotopic (exact) mass is 316 g/mol. The van der Waals surface area contributed by atoms with Crippen LogP contribution >= 0.6 is 0 Å². The summed E-state index contributed by atoms with van der Waals surface area (Å²) in [5.74, 6) is -0.129. The van der Waals surface area contributed by atoms with Crippen LogP contribution in [0.15, 0.2) is 18.3 Å². The fraction of sp³-hybridized carbons (Fsp3) is 0.500. The smallest absolute Gasteiger partial charge is 0.303 e. The molecule has 1 amide bonds. The van der Waals surface area contributed by atoms with Gasteiger partial charge in [0.05, 0.1) is 5.56 Å². The van der Waals surface area contributed by atoms with Crippen LogP contribution in [0.1, 0.15) is 48.3 Å². The molecule has 2 aromatic rings. The number of aromatic nitrogens is 3. The molecule has 23 heavy (non-hydrogen) atoms. The van der Waals surface area contributed by atoms with Crippen molar-refractivity contribution in [1.29, 1.82) is 0 Å². The number of aliphatic carboxylic acids is 1. The lowest BCUT2D eigenvalue weighted by atomic mass is 9.97. The van der Waals surface area contributed by atoms with Crippen molar-refractivity contribution in [3.05, 3.63) is 29.7 Å². The van der Waals surface area contributed by atoms with E-state index in [1.165, 1.54) is 0 Å². The molecule has 1 aliphatic rings. The molecule has 0 aliphatic carbocycles. The van der Waals surface area contributed by atoms with Gasteiger partial charge in [-0.25, -0.2) is 0 Å². The van der Waals surface area contributed by atoms with Gasteiger partial charge in [-0.1, -0.05) is 0 Å². The number of likely N-dealkylation sites (tertiary alicyclic amines) is 1. The average Bonchev–Trinajstić information content (AvgIpc) is 2.93. The van der Waals surface area contributed by atoms with Gasteiger partial charge < -0.3 is 10.0 Å². The maximum atomic E-state index is 12.9. The number of piperidine rings is 1. The van der Waals surface area contributed by atoms with Crippen LogP contribution in [-0.4, -0.2) is 49.1 Å². The standard InChI is InChI=1S/C16H20N4O3/c1-11-17-18-14-7-5-12(10-20(11)14)16(23)19-9-3-2-4-13(19)6-8-15(21)22/h5,7,10,13H,2-4,6,8-9H2,1H3,(H,21,22). The van der Waals surface area contributed by atoms with Crippen molar-refractivity contribution in [3.8, 4) is 0 Å². The molecule has 0 saturated carbocycles. The Morgan fingerprint density at radius 2 is 2.13 bits per heavy atom. The first-order valence-electron chi connectivity index (χ1n) is 7.90.